The number of hydrogen-bond acceptors (Lipinski definition) is 3. The molecule has 2 aliphatic rings. The molecule has 0 aromatic rings. The van der Waals surface area contributed by atoms with E-state index in [2.05, 4.69) is 0 Å². The predicted molar refractivity (Wildman–Crippen MR) is 68.3 cm³/mol. The van der Waals surface area contributed by atoms with Crippen LogP contribution in [0.25, 0.3) is 0 Å². The molecule has 1 unspecified atom stereocenters. The van der Waals surface area contributed by atoms with Gasteiger partial charge in [0.25, 0.3) is 0 Å². The number of nitrogens with zero attached hydrogens (tertiary/aromatic N) is 1. The quantitative estimate of drug-likeness (QED) is 0.708. The van der Waals surface area contributed by atoms with Crippen LogP contribution in [0.4, 0.5) is 4.79 Å². The maximum absolute atomic E-state index is 12.3. The van der Waals surface area contributed by atoms with Crippen LogP contribution in [0, 0.1) is 5.92 Å². The van der Waals surface area contributed by atoms with Crippen LogP contribution in [0.5, 0.6) is 0 Å². The zero-order valence-electron chi connectivity index (χ0n) is 11.5. The summed E-state index contributed by atoms with van der Waals surface area (Å²) < 4.78 is 5.48. The van der Waals surface area contributed by atoms with Crippen molar-refractivity contribution in [1.82, 2.24) is 4.90 Å². The molecule has 0 saturated heterocycles. The van der Waals surface area contributed by atoms with Gasteiger partial charge in [-0.15, -0.1) is 0 Å². The Morgan fingerprint density at radius 1 is 1.33 bits per heavy atom. The SMILES string of the molecule is CC(C)(C)OC(=O)N(C1CC1)C(CC=O)C1CC1. The highest BCUT2D eigenvalue weighted by atomic mass is 16.6. The third kappa shape index (κ3) is 3.47. The molecular weight excluding hydrogens is 230 g/mol. The van der Waals surface area contributed by atoms with Crippen LogP contribution in [-0.4, -0.2) is 35.0 Å². The highest BCUT2D eigenvalue weighted by Crippen LogP contribution is 2.41. The van der Waals surface area contributed by atoms with E-state index in [4.69, 9.17) is 4.74 Å². The summed E-state index contributed by atoms with van der Waals surface area (Å²) in [7, 11) is 0. The van der Waals surface area contributed by atoms with Gasteiger partial charge >= 0.3 is 6.09 Å². The summed E-state index contributed by atoms with van der Waals surface area (Å²) >= 11 is 0. The van der Waals surface area contributed by atoms with E-state index in [0.29, 0.717) is 18.4 Å². The number of rotatable bonds is 5. The van der Waals surface area contributed by atoms with Crippen molar-refractivity contribution in [3.8, 4) is 0 Å². The number of ether oxygens (including phenoxy) is 1. The number of carbonyl (C=O) groups excluding carboxylic acids is 2. The second kappa shape index (κ2) is 4.90. The van der Waals surface area contributed by atoms with Gasteiger partial charge in [0, 0.05) is 18.5 Å². The lowest BCUT2D eigenvalue weighted by atomic mass is 10.1. The molecule has 2 rings (SSSR count). The average Bonchev–Trinajstić information content (AvgIpc) is 3.09. The molecule has 18 heavy (non-hydrogen) atoms. The molecule has 2 aliphatic carbocycles. The molecular formula is C14H23NO3. The van der Waals surface area contributed by atoms with E-state index >= 15 is 0 Å². The Bertz CT molecular complexity index is 326. The Balaban J connectivity index is 2.06. The molecule has 4 heteroatoms. The van der Waals surface area contributed by atoms with Crippen molar-refractivity contribution in [2.24, 2.45) is 5.92 Å². The lowest BCUT2D eigenvalue weighted by Gasteiger charge is -2.33. The monoisotopic (exact) mass is 253 g/mol. The average molecular weight is 253 g/mol. The molecule has 2 fully saturated rings. The Morgan fingerprint density at radius 2 is 1.94 bits per heavy atom. The summed E-state index contributed by atoms with van der Waals surface area (Å²) in [5.74, 6) is 0.503. The van der Waals surface area contributed by atoms with Crippen LogP contribution >= 0.6 is 0 Å². The standard InChI is InChI=1S/C14H23NO3/c1-14(2,3)18-13(17)15(11-6-7-11)12(8-9-16)10-4-5-10/h9-12H,4-8H2,1-3H3. The summed E-state index contributed by atoms with van der Waals surface area (Å²) in [5.41, 5.74) is -0.473. The molecule has 0 radical (unpaired) electrons. The zero-order valence-corrected chi connectivity index (χ0v) is 11.5. The molecule has 0 heterocycles. The highest BCUT2D eigenvalue weighted by molar-refractivity contribution is 5.70. The van der Waals surface area contributed by atoms with E-state index in [9.17, 15) is 9.59 Å². The molecule has 2 saturated carbocycles. The van der Waals surface area contributed by atoms with E-state index in [1.54, 1.807) is 0 Å². The molecule has 0 aromatic carbocycles. The third-order valence-corrected chi connectivity index (χ3v) is 3.41. The smallest absolute Gasteiger partial charge is 0.410 e. The van der Waals surface area contributed by atoms with Gasteiger partial charge in [0.15, 0.2) is 0 Å². The minimum atomic E-state index is -0.473. The molecule has 0 spiro atoms. The summed E-state index contributed by atoms with van der Waals surface area (Å²) in [4.78, 5) is 24.9. The maximum atomic E-state index is 12.3. The Kier molecular flexibility index (Phi) is 3.64. The summed E-state index contributed by atoms with van der Waals surface area (Å²) in [6.45, 7) is 5.63. The first kappa shape index (κ1) is 13.4. The van der Waals surface area contributed by atoms with Crippen LogP contribution in [0.15, 0.2) is 0 Å². The van der Waals surface area contributed by atoms with Gasteiger partial charge in [-0.3, -0.25) is 0 Å². The van der Waals surface area contributed by atoms with Crippen molar-refractivity contribution in [1.29, 1.82) is 0 Å². The molecule has 0 bridgehead atoms. The second-order valence-electron chi connectivity index (χ2n) is 6.43. The number of carbonyl (C=O) groups is 2. The van der Waals surface area contributed by atoms with E-state index < -0.39 is 5.60 Å². The van der Waals surface area contributed by atoms with Gasteiger partial charge in [-0.2, -0.15) is 0 Å². The normalized spacial score (nSPS) is 21.3. The Hall–Kier alpha value is -1.06. The summed E-state index contributed by atoms with van der Waals surface area (Å²) in [5, 5.41) is 0. The van der Waals surface area contributed by atoms with E-state index in [-0.39, 0.29) is 12.1 Å². The first-order valence-electron chi connectivity index (χ1n) is 6.87. The van der Waals surface area contributed by atoms with Gasteiger partial charge in [0.2, 0.25) is 0 Å². The summed E-state index contributed by atoms with van der Waals surface area (Å²) in [6.07, 6.45) is 5.48. The lowest BCUT2D eigenvalue weighted by Crippen LogP contribution is -2.46. The van der Waals surface area contributed by atoms with Crippen molar-refractivity contribution in [3.63, 3.8) is 0 Å². The first-order chi connectivity index (χ1) is 8.42. The van der Waals surface area contributed by atoms with Crippen molar-refractivity contribution in [2.45, 2.75) is 70.6 Å². The van der Waals surface area contributed by atoms with Gasteiger partial charge in [-0.25, -0.2) is 4.79 Å². The lowest BCUT2D eigenvalue weighted by molar-refractivity contribution is -0.109. The van der Waals surface area contributed by atoms with Gasteiger partial charge in [0.05, 0.1) is 0 Å². The topological polar surface area (TPSA) is 46.6 Å². The maximum Gasteiger partial charge on any atom is 0.410 e. The van der Waals surface area contributed by atoms with Crippen LogP contribution in [0.1, 0.15) is 52.9 Å². The van der Waals surface area contributed by atoms with Crippen molar-refractivity contribution in [2.75, 3.05) is 0 Å². The molecule has 0 aromatic heterocycles. The fourth-order valence-electron chi connectivity index (χ4n) is 2.34. The molecule has 102 valence electrons. The third-order valence-electron chi connectivity index (χ3n) is 3.41. The Morgan fingerprint density at radius 3 is 2.33 bits per heavy atom. The zero-order chi connectivity index (χ0) is 13.3. The van der Waals surface area contributed by atoms with Crippen molar-refractivity contribution >= 4 is 12.4 Å². The van der Waals surface area contributed by atoms with E-state index in [1.807, 2.05) is 25.7 Å². The minimum Gasteiger partial charge on any atom is -0.444 e. The molecule has 1 atom stereocenters. The second-order valence-corrected chi connectivity index (χ2v) is 6.43. The Labute approximate surface area is 109 Å². The largest absolute Gasteiger partial charge is 0.444 e. The first-order valence-corrected chi connectivity index (χ1v) is 6.87. The van der Waals surface area contributed by atoms with Crippen LogP contribution in [0.2, 0.25) is 0 Å². The molecule has 4 nitrogen and oxygen atoms in total. The predicted octanol–water partition coefficient (Wildman–Crippen LogP) is 2.75. The molecule has 0 aliphatic heterocycles. The fourth-order valence-corrected chi connectivity index (χ4v) is 2.34. The number of aldehydes is 1. The summed E-state index contributed by atoms with van der Waals surface area (Å²) in [6, 6.07) is 0.357. The molecule has 1 amide bonds. The molecule has 0 N–H and O–H groups in total. The minimum absolute atomic E-state index is 0.0600. The van der Waals surface area contributed by atoms with E-state index in [1.165, 1.54) is 0 Å². The van der Waals surface area contributed by atoms with Crippen molar-refractivity contribution in [3.05, 3.63) is 0 Å². The fraction of sp³-hybridized carbons (Fsp3) is 0.857. The van der Waals surface area contributed by atoms with Gasteiger partial charge in [0.1, 0.15) is 11.9 Å². The van der Waals surface area contributed by atoms with Gasteiger partial charge in [-0.05, 0) is 52.4 Å². The van der Waals surface area contributed by atoms with E-state index in [0.717, 1.165) is 32.0 Å². The van der Waals surface area contributed by atoms with Gasteiger partial charge in [-0.1, -0.05) is 0 Å². The van der Waals surface area contributed by atoms with Crippen LogP contribution in [0.3, 0.4) is 0 Å². The van der Waals surface area contributed by atoms with Crippen molar-refractivity contribution < 1.29 is 14.3 Å². The van der Waals surface area contributed by atoms with Crippen LogP contribution in [-0.2, 0) is 9.53 Å². The number of amides is 1. The highest BCUT2D eigenvalue weighted by Gasteiger charge is 2.45. The number of hydrogen-bond donors (Lipinski definition) is 0. The van der Waals surface area contributed by atoms with Gasteiger partial charge < -0.3 is 14.4 Å². The van der Waals surface area contributed by atoms with Crippen LogP contribution < -0.4 is 0 Å².